The summed E-state index contributed by atoms with van der Waals surface area (Å²) in [5, 5.41) is 35.6. The highest BCUT2D eigenvalue weighted by molar-refractivity contribution is 5.53. The molecular formula is C28H45NO4. The van der Waals surface area contributed by atoms with Crippen LogP contribution in [-0.4, -0.2) is 45.8 Å². The van der Waals surface area contributed by atoms with E-state index in [1.165, 1.54) is 33.4 Å². The van der Waals surface area contributed by atoms with Gasteiger partial charge in [0, 0.05) is 5.56 Å². The van der Waals surface area contributed by atoms with Crippen molar-refractivity contribution in [3.8, 4) is 5.75 Å². The van der Waals surface area contributed by atoms with Crippen molar-refractivity contribution in [1.82, 2.24) is 0 Å². The van der Waals surface area contributed by atoms with Gasteiger partial charge >= 0.3 is 0 Å². The van der Waals surface area contributed by atoms with Gasteiger partial charge in [-0.2, -0.15) is 0 Å². The van der Waals surface area contributed by atoms with Crippen LogP contribution in [0.25, 0.3) is 0 Å². The van der Waals surface area contributed by atoms with Gasteiger partial charge < -0.3 is 26.2 Å². The van der Waals surface area contributed by atoms with Gasteiger partial charge in [-0.15, -0.1) is 0 Å². The normalized spacial score (nSPS) is 12.4. The number of hydrogen-bond acceptors (Lipinski definition) is 5. The molecule has 0 aliphatic heterocycles. The predicted molar refractivity (Wildman–Crippen MR) is 137 cm³/mol. The van der Waals surface area contributed by atoms with Crippen LogP contribution in [0.15, 0.2) is 24.3 Å². The summed E-state index contributed by atoms with van der Waals surface area (Å²) in [6, 6.07) is 8.47. The number of aromatic hydroxyl groups is 1. The number of nitrogens with two attached hydrogens (primary N) is 1. The van der Waals surface area contributed by atoms with Crippen molar-refractivity contribution >= 4 is 0 Å². The molecule has 0 bridgehead atoms. The molecule has 0 saturated heterocycles. The van der Waals surface area contributed by atoms with E-state index in [0.29, 0.717) is 5.75 Å². The number of aliphatic hydroxyl groups is 3. The lowest BCUT2D eigenvalue weighted by atomic mass is 9.72. The second-order valence-corrected chi connectivity index (χ2v) is 11.3. The van der Waals surface area contributed by atoms with Crippen molar-refractivity contribution in [2.45, 2.75) is 85.1 Å². The number of aliphatic hydroxyl groups excluding tert-OH is 3. The molecule has 33 heavy (non-hydrogen) atoms. The van der Waals surface area contributed by atoms with Gasteiger partial charge in [0.15, 0.2) is 0 Å². The number of phenols is 1. The number of hydrogen-bond donors (Lipinski definition) is 5. The first kappa shape index (κ1) is 29.1. The van der Waals surface area contributed by atoms with E-state index >= 15 is 0 Å². The molecule has 0 atom stereocenters. The summed E-state index contributed by atoms with van der Waals surface area (Å²) < 4.78 is 0. The van der Waals surface area contributed by atoms with Gasteiger partial charge in [-0.25, -0.2) is 0 Å². The zero-order valence-corrected chi connectivity index (χ0v) is 22.0. The van der Waals surface area contributed by atoms with E-state index in [1.807, 2.05) is 6.07 Å². The molecule has 0 heterocycles. The quantitative estimate of drug-likeness (QED) is 0.461. The molecule has 0 amide bonds. The second-order valence-electron chi connectivity index (χ2n) is 11.3. The van der Waals surface area contributed by atoms with E-state index in [4.69, 9.17) is 21.1 Å². The molecule has 5 heteroatoms. The maximum atomic E-state index is 10.6. The lowest BCUT2D eigenvalue weighted by Gasteiger charge is -2.33. The Morgan fingerprint density at radius 2 is 1.12 bits per heavy atom. The van der Waals surface area contributed by atoms with E-state index < -0.39 is 25.4 Å². The summed E-state index contributed by atoms with van der Waals surface area (Å²) >= 11 is 0. The van der Waals surface area contributed by atoms with Crippen LogP contribution < -0.4 is 5.73 Å². The molecule has 2 rings (SSSR count). The van der Waals surface area contributed by atoms with E-state index in [9.17, 15) is 5.11 Å². The lowest BCUT2D eigenvalue weighted by molar-refractivity contribution is 0.0697. The molecule has 0 saturated carbocycles. The third kappa shape index (κ3) is 7.28. The average molecular weight is 460 g/mol. The Morgan fingerprint density at radius 1 is 0.667 bits per heavy atom. The van der Waals surface area contributed by atoms with Crippen molar-refractivity contribution in [3.05, 3.63) is 63.2 Å². The molecule has 0 aromatic heterocycles. The average Bonchev–Trinajstić information content (AvgIpc) is 2.73. The first-order chi connectivity index (χ1) is 15.0. The molecule has 0 spiro atoms. The number of phenolic OH excluding ortho intramolecular Hbond substituents is 1. The van der Waals surface area contributed by atoms with Gasteiger partial charge in [0.1, 0.15) is 5.75 Å². The Hall–Kier alpha value is -1.92. The molecular weight excluding hydrogens is 414 g/mol. The number of benzene rings is 2. The third-order valence-electron chi connectivity index (χ3n) is 6.27. The Morgan fingerprint density at radius 3 is 1.52 bits per heavy atom. The monoisotopic (exact) mass is 459 g/mol. The van der Waals surface area contributed by atoms with Crippen molar-refractivity contribution in [2.24, 2.45) is 5.73 Å². The summed E-state index contributed by atoms with van der Waals surface area (Å²) in [5.74, 6) is 0.415. The maximum absolute atomic E-state index is 10.6. The van der Waals surface area contributed by atoms with Crippen LogP contribution in [0.2, 0.25) is 0 Å². The minimum Gasteiger partial charge on any atom is -0.508 e. The zero-order valence-electron chi connectivity index (χ0n) is 22.0. The molecule has 0 aliphatic carbocycles. The van der Waals surface area contributed by atoms with Gasteiger partial charge in [0.05, 0.1) is 25.4 Å². The molecule has 0 aliphatic rings. The van der Waals surface area contributed by atoms with Crippen molar-refractivity contribution in [3.63, 3.8) is 0 Å². The summed E-state index contributed by atoms with van der Waals surface area (Å²) in [6.45, 7) is 18.7. The van der Waals surface area contributed by atoms with Gasteiger partial charge in [0.2, 0.25) is 0 Å². The molecule has 0 fully saturated rings. The first-order valence-electron chi connectivity index (χ1n) is 11.6. The summed E-state index contributed by atoms with van der Waals surface area (Å²) in [6.07, 6.45) is 0.906. The summed E-state index contributed by atoms with van der Waals surface area (Å²) in [4.78, 5) is 0. The highest BCUT2D eigenvalue weighted by Crippen LogP contribution is 2.42. The van der Waals surface area contributed by atoms with Crippen LogP contribution >= 0.6 is 0 Å². The zero-order chi connectivity index (χ0) is 25.8. The molecule has 6 N–H and O–H groups in total. The summed E-state index contributed by atoms with van der Waals surface area (Å²) in [5.41, 5.74) is 13.0. The molecule has 2 aromatic rings. The topological polar surface area (TPSA) is 107 Å². The minimum atomic E-state index is -1.21. The molecule has 2 aromatic carbocycles. The van der Waals surface area contributed by atoms with Crippen LogP contribution in [0.3, 0.4) is 0 Å². The fourth-order valence-electron chi connectivity index (χ4n) is 3.96. The smallest absolute Gasteiger partial charge is 0.119 e. The van der Waals surface area contributed by atoms with Crippen molar-refractivity contribution in [1.29, 1.82) is 0 Å². The number of rotatable bonds is 5. The fraction of sp³-hybridized carbons (Fsp3) is 0.571. The molecule has 0 radical (unpaired) electrons. The largest absolute Gasteiger partial charge is 0.508 e. The van der Waals surface area contributed by atoms with Crippen LogP contribution in [0.4, 0.5) is 0 Å². The van der Waals surface area contributed by atoms with Gasteiger partial charge in [-0.1, -0.05) is 59.7 Å². The molecule has 0 unspecified atom stereocenters. The Bertz CT molecular complexity index is 924. The second kappa shape index (κ2) is 11.0. The number of aryl methyl sites for hydroxylation is 1. The van der Waals surface area contributed by atoms with Gasteiger partial charge in [0.25, 0.3) is 0 Å². The van der Waals surface area contributed by atoms with Crippen LogP contribution in [-0.2, 0) is 17.3 Å². The van der Waals surface area contributed by atoms with E-state index in [1.54, 1.807) is 0 Å². The Kier molecular flexibility index (Phi) is 9.71. The van der Waals surface area contributed by atoms with E-state index in [-0.39, 0.29) is 10.8 Å². The highest BCUT2D eigenvalue weighted by atomic mass is 16.3. The maximum Gasteiger partial charge on any atom is 0.119 e. The third-order valence-corrected chi connectivity index (χ3v) is 6.27. The summed E-state index contributed by atoms with van der Waals surface area (Å²) in [7, 11) is 0. The highest BCUT2D eigenvalue weighted by Gasteiger charge is 2.30. The lowest BCUT2D eigenvalue weighted by Crippen LogP contribution is -2.50. The van der Waals surface area contributed by atoms with Crippen LogP contribution in [0.5, 0.6) is 5.75 Å². The Balaban J connectivity index is 0.000000582. The Labute approximate surface area is 200 Å². The first-order valence-corrected chi connectivity index (χ1v) is 11.6. The molecule has 5 nitrogen and oxygen atoms in total. The van der Waals surface area contributed by atoms with E-state index in [0.717, 1.165) is 12.0 Å². The standard InChI is InChI=1S/C24H34O.C4H11NO3/c1-15-10-11-18(17(3)16(15)2)14-19-12-13-20(25)22(24(7,8)9)21(19)23(4,5)6;5-4(1-6,2-7)3-8/h10-13,25H,14H2,1-9H3;6-8H,1-3,5H2. The fourth-order valence-corrected chi connectivity index (χ4v) is 3.96. The van der Waals surface area contributed by atoms with Gasteiger partial charge in [-0.05, 0) is 77.5 Å². The van der Waals surface area contributed by atoms with Crippen LogP contribution in [0.1, 0.15) is 80.5 Å². The molecule has 186 valence electrons. The predicted octanol–water partition coefficient (Wildman–Crippen LogP) is 4.16. The van der Waals surface area contributed by atoms with Gasteiger partial charge in [-0.3, -0.25) is 0 Å². The van der Waals surface area contributed by atoms with Crippen molar-refractivity contribution in [2.75, 3.05) is 19.8 Å². The minimum absolute atomic E-state index is 0.0235. The van der Waals surface area contributed by atoms with Crippen LogP contribution in [0, 0.1) is 20.8 Å². The van der Waals surface area contributed by atoms with E-state index in [2.05, 4.69) is 80.5 Å². The van der Waals surface area contributed by atoms with Crippen molar-refractivity contribution < 1.29 is 20.4 Å². The SMILES string of the molecule is Cc1ccc(Cc2ccc(O)c(C(C)(C)C)c2C(C)(C)C)c(C)c1C.NC(CO)(CO)CO.